The summed E-state index contributed by atoms with van der Waals surface area (Å²) in [7, 11) is 1.56. The summed E-state index contributed by atoms with van der Waals surface area (Å²) >= 11 is 0. The van der Waals surface area contributed by atoms with Gasteiger partial charge in [-0.3, -0.25) is 9.69 Å². The SMILES string of the molecule is CC(=O)[C@H]1N(C)CC(F)(F)C1(C)C.FF. The minimum Gasteiger partial charge on any atom is -0.298 e. The Balaban J connectivity index is 0.000000921. The van der Waals surface area contributed by atoms with Crippen LogP contribution in [0.1, 0.15) is 20.8 Å². The molecule has 1 atom stereocenters. The Bertz CT molecular complexity index is 242. The van der Waals surface area contributed by atoms with Gasteiger partial charge in [-0.25, -0.2) is 8.78 Å². The molecule has 1 heterocycles. The van der Waals surface area contributed by atoms with E-state index in [-0.39, 0.29) is 12.3 Å². The number of hydrogen-bond donors (Lipinski definition) is 0. The lowest BCUT2D eigenvalue weighted by Crippen LogP contribution is -2.44. The fourth-order valence-corrected chi connectivity index (χ4v) is 2.18. The van der Waals surface area contributed by atoms with Crippen LogP contribution < -0.4 is 0 Å². The summed E-state index contributed by atoms with van der Waals surface area (Å²) in [6.07, 6.45) is 0. The summed E-state index contributed by atoms with van der Waals surface area (Å²) in [6.45, 7) is 3.93. The monoisotopic (exact) mass is 229 g/mol. The van der Waals surface area contributed by atoms with Crippen LogP contribution in [0.2, 0.25) is 0 Å². The maximum atomic E-state index is 13.4. The molecule has 0 amide bonds. The van der Waals surface area contributed by atoms with Crippen molar-refractivity contribution in [3.05, 3.63) is 0 Å². The molecule has 1 aliphatic rings. The van der Waals surface area contributed by atoms with Crippen LogP contribution in [0.3, 0.4) is 0 Å². The second-order valence-electron chi connectivity index (χ2n) is 4.35. The Morgan fingerprint density at radius 1 is 1.33 bits per heavy atom. The molecule has 0 aromatic rings. The molecule has 1 aliphatic heterocycles. The molecule has 1 fully saturated rings. The molecule has 0 bridgehead atoms. The number of alkyl halides is 2. The van der Waals surface area contributed by atoms with Crippen LogP contribution >= 0.6 is 0 Å². The molecule has 0 spiro atoms. The third-order valence-corrected chi connectivity index (χ3v) is 2.90. The lowest BCUT2D eigenvalue weighted by Gasteiger charge is -2.30. The van der Waals surface area contributed by atoms with E-state index in [1.54, 1.807) is 7.05 Å². The summed E-state index contributed by atoms with van der Waals surface area (Å²) in [4.78, 5) is 12.6. The molecule has 90 valence electrons. The molecule has 0 saturated carbocycles. The van der Waals surface area contributed by atoms with Gasteiger partial charge in [-0.15, -0.1) is 0 Å². The minimum absolute atomic E-state index is 0.190. The first-order valence-electron chi connectivity index (χ1n) is 4.43. The van der Waals surface area contributed by atoms with Crippen LogP contribution in [0.25, 0.3) is 0 Å². The number of carbonyl (C=O) groups excluding carboxylic acids is 1. The van der Waals surface area contributed by atoms with E-state index in [9.17, 15) is 13.6 Å². The molecule has 6 heteroatoms. The van der Waals surface area contributed by atoms with Crippen molar-refractivity contribution in [1.29, 1.82) is 0 Å². The number of rotatable bonds is 1. The summed E-state index contributed by atoms with van der Waals surface area (Å²) in [5, 5.41) is 0. The highest BCUT2D eigenvalue weighted by Gasteiger charge is 2.60. The van der Waals surface area contributed by atoms with Crippen molar-refractivity contribution >= 4 is 5.78 Å². The molecule has 0 N–H and O–H groups in total. The van der Waals surface area contributed by atoms with Gasteiger partial charge >= 0.3 is 0 Å². The maximum absolute atomic E-state index is 13.4. The van der Waals surface area contributed by atoms with Crippen molar-refractivity contribution in [3.63, 3.8) is 0 Å². The van der Waals surface area contributed by atoms with E-state index in [1.807, 2.05) is 0 Å². The highest BCUT2D eigenvalue weighted by Crippen LogP contribution is 2.47. The van der Waals surface area contributed by atoms with E-state index < -0.39 is 17.4 Å². The second kappa shape index (κ2) is 4.47. The predicted octanol–water partition coefficient (Wildman–Crippen LogP) is 2.39. The number of nitrogens with zero attached hydrogens (tertiary/aromatic N) is 1. The normalized spacial score (nSPS) is 28.1. The number of likely N-dealkylation sites (N-methyl/N-ethyl adjacent to an activating group) is 1. The molecule has 1 saturated heterocycles. The molecule has 0 unspecified atom stereocenters. The van der Waals surface area contributed by atoms with Gasteiger partial charge in [-0.1, -0.05) is 13.8 Å². The van der Waals surface area contributed by atoms with Crippen molar-refractivity contribution in [2.24, 2.45) is 5.41 Å². The van der Waals surface area contributed by atoms with Crippen LogP contribution in [0.15, 0.2) is 0 Å². The quantitative estimate of drug-likeness (QED) is 0.643. The third kappa shape index (κ3) is 2.30. The third-order valence-electron chi connectivity index (χ3n) is 2.90. The van der Waals surface area contributed by atoms with Gasteiger partial charge in [0.1, 0.15) is 5.78 Å². The molecule has 2 nitrogen and oxygen atoms in total. The lowest BCUT2D eigenvalue weighted by molar-refractivity contribution is -0.128. The number of ketones is 1. The minimum atomic E-state index is -2.78. The first-order valence-corrected chi connectivity index (χ1v) is 4.43. The molecule has 0 radical (unpaired) electrons. The van der Waals surface area contributed by atoms with E-state index >= 15 is 0 Å². The highest BCUT2D eigenvalue weighted by molar-refractivity contribution is 5.83. The van der Waals surface area contributed by atoms with Crippen molar-refractivity contribution in [2.45, 2.75) is 32.7 Å². The van der Waals surface area contributed by atoms with Crippen molar-refractivity contribution in [1.82, 2.24) is 4.90 Å². The van der Waals surface area contributed by atoms with E-state index in [0.29, 0.717) is 0 Å². The van der Waals surface area contributed by atoms with Gasteiger partial charge in [-0.2, -0.15) is 0 Å². The van der Waals surface area contributed by atoms with Gasteiger partial charge in [0.05, 0.1) is 18.0 Å². The van der Waals surface area contributed by atoms with Gasteiger partial charge < -0.3 is 0 Å². The molecule has 1 rings (SSSR count). The molecular formula is C9H15F4NO. The van der Waals surface area contributed by atoms with Crippen LogP contribution in [0.5, 0.6) is 0 Å². The van der Waals surface area contributed by atoms with Crippen LogP contribution in [0, 0.1) is 5.41 Å². The van der Waals surface area contributed by atoms with Crippen molar-refractivity contribution < 1.29 is 22.7 Å². The first kappa shape index (κ1) is 14.3. The number of carbonyl (C=O) groups is 1. The number of hydrogen-bond acceptors (Lipinski definition) is 2. The summed E-state index contributed by atoms with van der Waals surface area (Å²) in [6, 6.07) is -0.664. The zero-order valence-corrected chi connectivity index (χ0v) is 9.15. The van der Waals surface area contributed by atoms with E-state index in [2.05, 4.69) is 0 Å². The number of Topliss-reactive ketones (excluding diaryl/α,β-unsaturated/α-hetero) is 1. The Hall–Kier alpha value is -0.650. The highest BCUT2D eigenvalue weighted by atomic mass is 20.0. The van der Waals surface area contributed by atoms with Crippen LogP contribution in [-0.2, 0) is 4.79 Å². The number of halogens is 4. The maximum Gasteiger partial charge on any atom is 0.267 e. The average molecular weight is 229 g/mol. The van der Waals surface area contributed by atoms with Crippen LogP contribution in [0.4, 0.5) is 17.9 Å². The fourth-order valence-electron chi connectivity index (χ4n) is 2.18. The average Bonchev–Trinajstić information content (AvgIpc) is 2.19. The zero-order valence-electron chi connectivity index (χ0n) is 9.15. The molecule has 0 aromatic heterocycles. The van der Waals surface area contributed by atoms with Gasteiger partial charge in [0, 0.05) is 9.15 Å². The van der Waals surface area contributed by atoms with E-state index in [0.717, 1.165) is 0 Å². The standard InChI is InChI=1S/C9H15F2NO.F2/c1-6(13)7-8(2,3)9(10,11)5-12(7)4;1-2/h7H,5H2,1-4H3;/t7-;/m1./s1. The summed E-state index contributed by atoms with van der Waals surface area (Å²) in [5.74, 6) is -2.97. The molecular weight excluding hydrogens is 214 g/mol. The van der Waals surface area contributed by atoms with Crippen LogP contribution in [-0.4, -0.2) is 36.2 Å². The summed E-state index contributed by atoms with van der Waals surface area (Å²) < 4.78 is 42.8. The molecule has 0 aliphatic carbocycles. The Morgan fingerprint density at radius 3 is 1.87 bits per heavy atom. The van der Waals surface area contributed by atoms with Gasteiger partial charge in [0.2, 0.25) is 0 Å². The topological polar surface area (TPSA) is 20.3 Å². The number of likely N-dealkylation sites (tertiary alicyclic amines) is 1. The zero-order chi connectivity index (χ0) is 12.4. The largest absolute Gasteiger partial charge is 0.298 e. The van der Waals surface area contributed by atoms with E-state index in [1.165, 1.54) is 25.7 Å². The van der Waals surface area contributed by atoms with E-state index in [4.69, 9.17) is 9.15 Å². The predicted molar refractivity (Wildman–Crippen MR) is 48.0 cm³/mol. The summed E-state index contributed by atoms with van der Waals surface area (Å²) in [5.41, 5.74) is -1.26. The second-order valence-corrected chi connectivity index (χ2v) is 4.35. The van der Waals surface area contributed by atoms with Gasteiger partial charge in [0.25, 0.3) is 5.92 Å². The molecule has 0 aromatic carbocycles. The Morgan fingerprint density at radius 2 is 1.73 bits per heavy atom. The van der Waals surface area contributed by atoms with Gasteiger partial charge in [-0.05, 0) is 14.0 Å². The van der Waals surface area contributed by atoms with Crippen molar-refractivity contribution in [2.75, 3.05) is 13.6 Å². The molecule has 15 heavy (non-hydrogen) atoms. The lowest BCUT2D eigenvalue weighted by atomic mass is 9.80. The smallest absolute Gasteiger partial charge is 0.267 e. The van der Waals surface area contributed by atoms with Gasteiger partial charge in [0.15, 0.2) is 0 Å². The Labute approximate surface area is 86.1 Å². The fraction of sp³-hybridized carbons (Fsp3) is 0.889. The first-order chi connectivity index (χ1) is 6.70. The Kier molecular flexibility index (Phi) is 4.27. The van der Waals surface area contributed by atoms with Crippen molar-refractivity contribution in [3.8, 4) is 0 Å².